The predicted octanol–water partition coefficient (Wildman–Crippen LogP) is 6.37. The maximum absolute atomic E-state index is 15.2. The summed E-state index contributed by atoms with van der Waals surface area (Å²) in [6, 6.07) is 25.9. The zero-order valence-electron chi connectivity index (χ0n) is 33.2. The van der Waals surface area contributed by atoms with Gasteiger partial charge in [-0.05, 0) is 68.8 Å². The second-order valence-corrected chi connectivity index (χ2v) is 29.3. The number of hydrogen-bond acceptors (Lipinski definition) is 9. The summed E-state index contributed by atoms with van der Waals surface area (Å²) in [5.41, 5.74) is 2.08. The van der Waals surface area contributed by atoms with E-state index in [1.807, 2.05) is 19.1 Å². The number of amides is 1. The van der Waals surface area contributed by atoms with Crippen LogP contribution in [0.3, 0.4) is 0 Å². The summed E-state index contributed by atoms with van der Waals surface area (Å²) in [7, 11) is -8.85. The Kier molecular flexibility index (Phi) is 10.1. The first kappa shape index (κ1) is 39.8. The molecule has 1 saturated heterocycles. The molecule has 13 heteroatoms. The Morgan fingerprint density at radius 3 is 1.70 bits per heavy atom. The first-order chi connectivity index (χ1) is 26.2. The molecular formula is C43H49NO9SSi2. The molecule has 7 rings (SSSR count). The number of benzene rings is 4. The Hall–Kier alpha value is -4.41. The van der Waals surface area contributed by atoms with Crippen LogP contribution in [0.4, 0.5) is 0 Å². The number of fused-ring (bicyclic) bond motifs is 5. The maximum Gasteiger partial charge on any atom is 0.338 e. The molecule has 0 radical (unpaired) electrons. The standard InChI is InChI=1S/C43H49NO9SSi2/c1-26-20-22-29(23-21-26)54(48,49)44-35-34(30-24-32(55(4,5)6)33(56(7,8)9)25-31(30)40(44)45)36(50-41(46)27-16-12-10-13-17-27)38(39-37(35)52-43(2,3)53-39)51-42(47)28-18-14-11-15-19-28/h10-25,34-39H,1-9H3/t34-,35-,36-,37+,38+,39+/m1/s1. The number of aryl methyl sites for hydroxylation is 1. The summed E-state index contributed by atoms with van der Waals surface area (Å²) in [5, 5.41) is 2.20. The van der Waals surface area contributed by atoms with E-state index in [4.69, 9.17) is 18.9 Å². The zero-order chi connectivity index (χ0) is 40.5. The number of rotatable bonds is 8. The highest BCUT2D eigenvalue weighted by molar-refractivity contribution is 7.89. The minimum absolute atomic E-state index is 0.0760. The highest BCUT2D eigenvalue weighted by atomic mass is 32.2. The molecule has 0 unspecified atom stereocenters. The predicted molar refractivity (Wildman–Crippen MR) is 219 cm³/mol. The summed E-state index contributed by atoms with van der Waals surface area (Å²) < 4.78 is 57.0. The number of sulfonamides is 1. The van der Waals surface area contributed by atoms with Crippen molar-refractivity contribution >= 4 is 54.4 Å². The van der Waals surface area contributed by atoms with Gasteiger partial charge in [-0.3, -0.25) is 4.79 Å². The summed E-state index contributed by atoms with van der Waals surface area (Å²) >= 11 is 0. The fraction of sp³-hybridized carbons (Fsp3) is 0.372. The Morgan fingerprint density at radius 1 is 0.696 bits per heavy atom. The molecule has 6 atom stereocenters. The SMILES string of the molecule is Cc1ccc(S(=O)(=O)N2C(=O)c3cc([Si](C)(C)C)c([Si](C)(C)C)cc3[C@H]3[C@@H](OC(=O)c4ccccc4)[C@H](OC(=O)c4ccccc4)[C@H]4OC(C)(C)O[C@H]4[C@@H]32)cc1. The topological polar surface area (TPSA) is 126 Å². The van der Waals surface area contributed by atoms with Gasteiger partial charge in [0.05, 0.1) is 44.1 Å². The minimum Gasteiger partial charge on any atom is -0.454 e. The molecule has 3 aliphatic rings. The van der Waals surface area contributed by atoms with Gasteiger partial charge in [-0.2, -0.15) is 0 Å². The number of hydrogen-bond donors (Lipinski definition) is 0. The van der Waals surface area contributed by atoms with Crippen LogP contribution in [0.2, 0.25) is 39.3 Å². The zero-order valence-corrected chi connectivity index (χ0v) is 36.0. The fourth-order valence-corrected chi connectivity index (χ4v) is 15.0. The fourth-order valence-electron chi connectivity index (χ4n) is 8.24. The molecule has 10 nitrogen and oxygen atoms in total. The second-order valence-electron chi connectivity index (χ2n) is 17.5. The molecule has 1 amide bonds. The van der Waals surface area contributed by atoms with E-state index in [0.717, 1.165) is 20.2 Å². The average molecular weight is 812 g/mol. The third-order valence-corrected chi connectivity index (χ3v) is 16.9. The maximum atomic E-state index is 15.2. The van der Waals surface area contributed by atoms with Crippen LogP contribution in [-0.2, 0) is 29.0 Å². The van der Waals surface area contributed by atoms with Crippen molar-refractivity contribution in [3.8, 4) is 0 Å². The van der Waals surface area contributed by atoms with E-state index < -0.39 is 86.2 Å². The summed E-state index contributed by atoms with van der Waals surface area (Å²) in [5.74, 6) is -4.43. The first-order valence-corrected chi connectivity index (χ1v) is 27.3. The lowest BCUT2D eigenvalue weighted by Gasteiger charge is -2.52. The van der Waals surface area contributed by atoms with Gasteiger partial charge in [0.2, 0.25) is 0 Å². The molecule has 0 N–H and O–H groups in total. The summed E-state index contributed by atoms with van der Waals surface area (Å²) in [4.78, 5) is 43.3. The van der Waals surface area contributed by atoms with Gasteiger partial charge >= 0.3 is 11.9 Å². The van der Waals surface area contributed by atoms with Crippen molar-refractivity contribution in [1.29, 1.82) is 0 Å². The van der Waals surface area contributed by atoms with Gasteiger partial charge in [0.15, 0.2) is 18.0 Å². The molecule has 0 bridgehead atoms. The van der Waals surface area contributed by atoms with E-state index in [-0.39, 0.29) is 21.6 Å². The third kappa shape index (κ3) is 7.19. The lowest BCUT2D eigenvalue weighted by Crippen LogP contribution is -2.69. The van der Waals surface area contributed by atoms with E-state index in [9.17, 15) is 9.59 Å². The van der Waals surface area contributed by atoms with Crippen molar-refractivity contribution in [2.45, 2.75) is 107 Å². The van der Waals surface area contributed by atoms with Crippen LogP contribution in [0.25, 0.3) is 0 Å². The molecule has 4 aromatic carbocycles. The molecule has 2 aliphatic heterocycles. The molecule has 2 fully saturated rings. The van der Waals surface area contributed by atoms with Crippen LogP contribution in [-0.4, -0.2) is 83.0 Å². The van der Waals surface area contributed by atoms with Gasteiger partial charge in [0, 0.05) is 5.56 Å². The van der Waals surface area contributed by atoms with Crippen LogP contribution in [0, 0.1) is 6.92 Å². The van der Waals surface area contributed by atoms with Crippen LogP contribution in [0.15, 0.2) is 102 Å². The van der Waals surface area contributed by atoms with Gasteiger partial charge in [-0.25, -0.2) is 22.3 Å². The number of ether oxygens (including phenoxy) is 4. The van der Waals surface area contributed by atoms with E-state index in [0.29, 0.717) is 5.56 Å². The Labute approximate surface area is 331 Å². The molecule has 1 aliphatic carbocycles. The van der Waals surface area contributed by atoms with Crippen LogP contribution < -0.4 is 10.4 Å². The van der Waals surface area contributed by atoms with E-state index in [1.54, 1.807) is 86.6 Å². The minimum atomic E-state index is -4.57. The van der Waals surface area contributed by atoms with Crippen molar-refractivity contribution in [2.75, 3.05) is 0 Å². The van der Waals surface area contributed by atoms with Crippen molar-refractivity contribution in [3.63, 3.8) is 0 Å². The van der Waals surface area contributed by atoms with Crippen LogP contribution in [0.1, 0.15) is 62.0 Å². The molecule has 4 aromatic rings. The van der Waals surface area contributed by atoms with Crippen molar-refractivity contribution in [3.05, 3.63) is 125 Å². The number of carbonyl (C=O) groups is 3. The number of carbonyl (C=O) groups excluding carboxylic acids is 3. The molecule has 2 heterocycles. The largest absolute Gasteiger partial charge is 0.454 e. The lowest BCUT2D eigenvalue weighted by atomic mass is 9.70. The van der Waals surface area contributed by atoms with Crippen molar-refractivity contribution in [1.82, 2.24) is 4.31 Å². The average Bonchev–Trinajstić information content (AvgIpc) is 3.47. The third-order valence-electron chi connectivity index (χ3n) is 10.8. The van der Waals surface area contributed by atoms with Gasteiger partial charge < -0.3 is 18.9 Å². The highest BCUT2D eigenvalue weighted by Crippen LogP contribution is 2.51. The normalized spacial score (nSPS) is 24.4. The molecular weight excluding hydrogens is 763 g/mol. The molecule has 1 saturated carbocycles. The number of nitrogens with zero attached hydrogens (tertiary/aromatic N) is 1. The number of esters is 2. The Morgan fingerprint density at radius 2 is 1.18 bits per heavy atom. The monoisotopic (exact) mass is 811 g/mol. The Balaban J connectivity index is 1.53. The summed E-state index contributed by atoms with van der Waals surface area (Å²) in [6.07, 6.45) is -4.87. The van der Waals surface area contributed by atoms with E-state index in [1.165, 1.54) is 12.1 Å². The lowest BCUT2D eigenvalue weighted by molar-refractivity contribution is -0.161. The van der Waals surface area contributed by atoms with E-state index >= 15 is 13.2 Å². The summed E-state index contributed by atoms with van der Waals surface area (Å²) in [6.45, 7) is 18.5. The quantitative estimate of drug-likeness (QED) is 0.148. The van der Waals surface area contributed by atoms with Gasteiger partial charge in [-0.1, -0.05) is 110 Å². The van der Waals surface area contributed by atoms with Gasteiger partial charge in [0.1, 0.15) is 12.2 Å². The molecule has 0 spiro atoms. The second kappa shape index (κ2) is 14.2. The van der Waals surface area contributed by atoms with Gasteiger partial charge in [-0.15, -0.1) is 0 Å². The molecule has 294 valence electrons. The van der Waals surface area contributed by atoms with Crippen LogP contribution in [0.5, 0.6) is 0 Å². The molecule has 0 aromatic heterocycles. The highest BCUT2D eigenvalue weighted by Gasteiger charge is 2.66. The first-order valence-electron chi connectivity index (χ1n) is 18.9. The van der Waals surface area contributed by atoms with Crippen molar-refractivity contribution in [2.24, 2.45) is 0 Å². The van der Waals surface area contributed by atoms with Crippen molar-refractivity contribution < 1.29 is 41.7 Å². The Bertz CT molecular complexity index is 2290. The van der Waals surface area contributed by atoms with E-state index in [2.05, 4.69) is 39.3 Å². The molecule has 56 heavy (non-hydrogen) atoms. The smallest absolute Gasteiger partial charge is 0.338 e. The van der Waals surface area contributed by atoms with Gasteiger partial charge in [0.25, 0.3) is 15.9 Å². The van der Waals surface area contributed by atoms with Crippen LogP contribution >= 0.6 is 0 Å².